The number of benzene rings is 1. The molecule has 4 N–H and O–H groups in total. The molecule has 17 heavy (non-hydrogen) atoms. The highest BCUT2D eigenvalue weighted by molar-refractivity contribution is 7.70. The van der Waals surface area contributed by atoms with Gasteiger partial charge in [-0.05, 0) is 24.3 Å². The summed E-state index contributed by atoms with van der Waals surface area (Å²) < 4.78 is 38.7. The molecule has 0 fully saturated rings. The molecule has 0 saturated carbocycles. The number of hydrogen-bond acceptors (Lipinski definition) is 3. The minimum absolute atomic E-state index is 0.261. The first-order valence-electron chi connectivity index (χ1n) is 4.13. The second-order valence-electron chi connectivity index (χ2n) is 3.08. The van der Waals surface area contributed by atoms with Gasteiger partial charge in [0.05, 0.1) is 0 Å². The second-order valence-corrected chi connectivity index (χ2v) is 6.78. The van der Waals surface area contributed by atoms with Gasteiger partial charge in [0.25, 0.3) is 5.59 Å². The number of hydrogen-bond donors (Lipinski definition) is 4. The van der Waals surface area contributed by atoms with Crippen molar-refractivity contribution in [3.8, 4) is 5.75 Å². The lowest BCUT2D eigenvalue weighted by Gasteiger charge is -2.20. The Kier molecular flexibility index (Phi) is 4.09. The van der Waals surface area contributed by atoms with E-state index in [4.69, 9.17) is 19.6 Å². The first kappa shape index (κ1) is 14.3. The average molecular weight is 286 g/mol. The van der Waals surface area contributed by atoms with Crippen LogP contribution in [-0.4, -0.2) is 25.2 Å². The molecule has 1 aromatic rings. The van der Waals surface area contributed by atoms with Crippen molar-refractivity contribution >= 4 is 15.2 Å². The zero-order valence-electron chi connectivity index (χ0n) is 8.17. The highest BCUT2D eigenvalue weighted by Gasteiger charge is 2.45. The molecule has 1 aromatic carbocycles. The van der Waals surface area contributed by atoms with E-state index in [9.17, 15) is 13.5 Å². The number of ether oxygens (including phenoxy) is 1. The largest absolute Gasteiger partial charge is 0.465 e. The first-order chi connectivity index (χ1) is 7.60. The van der Waals surface area contributed by atoms with Gasteiger partial charge in [0.1, 0.15) is 11.6 Å². The molecule has 7 nitrogen and oxygen atoms in total. The molecule has 0 bridgehead atoms. The van der Waals surface area contributed by atoms with E-state index in [0.29, 0.717) is 0 Å². The van der Waals surface area contributed by atoms with E-state index in [0.717, 1.165) is 24.3 Å². The van der Waals surface area contributed by atoms with Crippen LogP contribution in [-0.2, 0) is 9.13 Å². The molecule has 0 aliphatic heterocycles. The van der Waals surface area contributed by atoms with E-state index >= 15 is 0 Å². The van der Waals surface area contributed by atoms with Crippen molar-refractivity contribution < 1.29 is 37.8 Å². The van der Waals surface area contributed by atoms with Crippen molar-refractivity contribution in [1.29, 1.82) is 0 Å². The normalized spacial score (nSPS) is 12.8. The minimum Gasteiger partial charge on any atom is -0.465 e. The third kappa shape index (κ3) is 4.20. The van der Waals surface area contributed by atoms with Crippen molar-refractivity contribution in [2.24, 2.45) is 0 Å². The Balaban J connectivity index is 3.00. The molecule has 1 rings (SSSR count). The molecule has 10 heteroatoms. The van der Waals surface area contributed by atoms with Crippen LogP contribution in [0, 0.1) is 5.82 Å². The molecule has 0 unspecified atom stereocenters. The fourth-order valence-corrected chi connectivity index (χ4v) is 3.05. The molecular formula is C7H9FO7P2. The maximum atomic E-state index is 12.5. The molecule has 96 valence electrons. The predicted octanol–water partition coefficient (Wildman–Crippen LogP) is 0.843. The summed E-state index contributed by atoms with van der Waals surface area (Å²) in [4.78, 5) is 35.0. The topological polar surface area (TPSA) is 124 Å². The van der Waals surface area contributed by atoms with Crippen LogP contribution in [0.1, 0.15) is 0 Å². The van der Waals surface area contributed by atoms with E-state index in [1.807, 2.05) is 0 Å². The van der Waals surface area contributed by atoms with Crippen LogP contribution in [0.2, 0.25) is 0 Å². The lowest BCUT2D eigenvalue weighted by molar-refractivity contribution is 0.236. The maximum Gasteiger partial charge on any atom is 0.378 e. The van der Waals surface area contributed by atoms with Crippen LogP contribution in [0.4, 0.5) is 4.39 Å². The van der Waals surface area contributed by atoms with Gasteiger partial charge in [-0.1, -0.05) is 0 Å². The quantitative estimate of drug-likeness (QED) is 0.604. The Morgan fingerprint density at radius 3 is 1.76 bits per heavy atom. The summed E-state index contributed by atoms with van der Waals surface area (Å²) in [5, 5.41) is 0. The summed E-state index contributed by atoms with van der Waals surface area (Å²) in [6.45, 7) is 0. The molecule has 0 saturated heterocycles. The lowest BCUT2D eigenvalue weighted by Crippen LogP contribution is -2.17. The van der Waals surface area contributed by atoms with Gasteiger partial charge in [0.15, 0.2) is 0 Å². The average Bonchev–Trinajstić information content (AvgIpc) is 2.13. The summed E-state index contributed by atoms with van der Waals surface area (Å²) in [6.07, 6.45) is 0. The van der Waals surface area contributed by atoms with Gasteiger partial charge in [0.2, 0.25) is 0 Å². The molecule has 0 aliphatic rings. The number of rotatable bonds is 4. The molecule has 0 amide bonds. The standard InChI is InChI=1S/C7H9FO7P2/c8-5-1-3-6(4-2-5)15-7(16(9,10)11)17(12,13)14/h1-4,7H,(H2,9,10,11)(H2,12,13,14). The highest BCUT2D eigenvalue weighted by Crippen LogP contribution is 2.59. The van der Waals surface area contributed by atoms with Crippen LogP contribution in [0.3, 0.4) is 0 Å². The number of halogens is 1. The molecule has 0 atom stereocenters. The molecule has 0 aromatic heterocycles. The van der Waals surface area contributed by atoms with Crippen molar-refractivity contribution in [2.75, 3.05) is 0 Å². The SMILES string of the molecule is O=P(O)(O)C(Oc1ccc(F)cc1)P(=O)(O)O. The van der Waals surface area contributed by atoms with Gasteiger partial charge in [-0.15, -0.1) is 0 Å². The first-order valence-corrected chi connectivity index (χ1v) is 7.49. The van der Waals surface area contributed by atoms with E-state index < -0.39 is 26.6 Å². The van der Waals surface area contributed by atoms with Gasteiger partial charge in [0, 0.05) is 0 Å². The monoisotopic (exact) mass is 286 g/mol. The third-order valence-corrected chi connectivity index (χ3v) is 4.80. The van der Waals surface area contributed by atoms with E-state index in [2.05, 4.69) is 4.74 Å². The smallest absolute Gasteiger partial charge is 0.378 e. The van der Waals surface area contributed by atoms with E-state index in [-0.39, 0.29) is 5.75 Å². The fraction of sp³-hybridized carbons (Fsp3) is 0.143. The zero-order valence-corrected chi connectivity index (χ0v) is 9.96. The van der Waals surface area contributed by atoms with Gasteiger partial charge in [-0.25, -0.2) is 4.39 Å². The molecule has 0 aliphatic carbocycles. The molecule has 0 heterocycles. The highest BCUT2D eigenvalue weighted by atomic mass is 31.2. The van der Waals surface area contributed by atoms with Crippen LogP contribution in [0.5, 0.6) is 5.75 Å². The summed E-state index contributed by atoms with van der Waals surface area (Å²) in [5.74, 6) is -0.885. The summed E-state index contributed by atoms with van der Waals surface area (Å²) in [5.41, 5.74) is -2.60. The third-order valence-electron chi connectivity index (χ3n) is 1.63. The van der Waals surface area contributed by atoms with Crippen LogP contribution < -0.4 is 4.74 Å². The van der Waals surface area contributed by atoms with Gasteiger partial charge in [-0.2, -0.15) is 0 Å². The second kappa shape index (κ2) is 4.86. The van der Waals surface area contributed by atoms with Gasteiger partial charge < -0.3 is 24.3 Å². The van der Waals surface area contributed by atoms with Crippen molar-refractivity contribution in [2.45, 2.75) is 5.59 Å². The van der Waals surface area contributed by atoms with Crippen LogP contribution >= 0.6 is 15.2 Å². The Labute approximate surface area is 95.2 Å². The van der Waals surface area contributed by atoms with Crippen LogP contribution in [0.15, 0.2) is 24.3 Å². The lowest BCUT2D eigenvalue weighted by atomic mass is 10.3. The summed E-state index contributed by atoms with van der Waals surface area (Å²) in [7, 11) is -10.3. The molecule has 0 spiro atoms. The van der Waals surface area contributed by atoms with Crippen molar-refractivity contribution in [3.05, 3.63) is 30.1 Å². The maximum absolute atomic E-state index is 12.5. The van der Waals surface area contributed by atoms with E-state index in [1.54, 1.807) is 0 Å². The fourth-order valence-electron chi connectivity index (χ4n) is 0.968. The Bertz CT molecular complexity index is 454. The van der Waals surface area contributed by atoms with Crippen molar-refractivity contribution in [3.63, 3.8) is 0 Å². The van der Waals surface area contributed by atoms with Gasteiger partial charge >= 0.3 is 15.2 Å². The van der Waals surface area contributed by atoms with Crippen molar-refractivity contribution in [1.82, 2.24) is 0 Å². The molecular weight excluding hydrogens is 277 g/mol. The minimum atomic E-state index is -5.15. The predicted molar refractivity (Wildman–Crippen MR) is 54.9 cm³/mol. The Morgan fingerprint density at radius 2 is 1.41 bits per heavy atom. The summed E-state index contributed by atoms with van der Waals surface area (Å²) in [6, 6.07) is 3.83. The summed E-state index contributed by atoms with van der Waals surface area (Å²) >= 11 is 0. The Hall–Kier alpha value is -0.750. The molecule has 0 radical (unpaired) electrons. The Morgan fingerprint density at radius 1 is 1.00 bits per heavy atom. The van der Waals surface area contributed by atoms with Crippen LogP contribution in [0.25, 0.3) is 0 Å². The zero-order chi connectivity index (χ0) is 13.3. The van der Waals surface area contributed by atoms with E-state index in [1.165, 1.54) is 0 Å². The van der Waals surface area contributed by atoms with Gasteiger partial charge in [-0.3, -0.25) is 9.13 Å².